The third-order valence-corrected chi connectivity index (χ3v) is 2.21. The molecule has 0 aliphatic carbocycles. The topological polar surface area (TPSA) is 68.0 Å². The third kappa shape index (κ3) is 2.70. The number of hydrogen-bond donors (Lipinski definition) is 2. The summed E-state index contributed by atoms with van der Waals surface area (Å²) in [5.74, 6) is -0.405. The van der Waals surface area contributed by atoms with E-state index >= 15 is 0 Å². The van der Waals surface area contributed by atoms with Crippen molar-refractivity contribution in [3.8, 4) is 0 Å². The van der Waals surface area contributed by atoms with Gasteiger partial charge in [-0.1, -0.05) is 0 Å². The quantitative estimate of drug-likeness (QED) is 0.863. The minimum atomic E-state index is -0.775. The van der Waals surface area contributed by atoms with Crippen LogP contribution in [0.2, 0.25) is 0 Å². The first-order chi connectivity index (χ1) is 6.42. The zero-order valence-corrected chi connectivity index (χ0v) is 9.63. The van der Waals surface area contributed by atoms with E-state index in [4.69, 9.17) is 5.73 Å². The maximum Gasteiger partial charge on any atom is 0.242 e. The van der Waals surface area contributed by atoms with Gasteiger partial charge in [0.2, 0.25) is 5.91 Å². The molecule has 0 saturated carbocycles. The summed E-state index contributed by atoms with van der Waals surface area (Å²) in [4.78, 5) is 15.0. The van der Waals surface area contributed by atoms with Gasteiger partial charge in [-0.25, -0.2) is 0 Å². The molecule has 0 saturated heterocycles. The molecule has 1 rings (SSSR count). The molecule has 14 heavy (non-hydrogen) atoms. The lowest BCUT2D eigenvalue weighted by Gasteiger charge is -2.23. The number of primary amides is 1. The Hall–Kier alpha value is -1.10. The Morgan fingerprint density at radius 2 is 2.21 bits per heavy atom. The molecule has 0 unspecified atom stereocenters. The number of pyridine rings is 1. The molecule has 0 radical (unpaired) electrons. The fourth-order valence-corrected chi connectivity index (χ4v) is 1.27. The first-order valence-corrected chi connectivity index (χ1v) is 4.90. The number of carbonyl (C=O) groups excluding carboxylic acids is 1. The number of nitrogens with one attached hydrogen (secondary N) is 1. The molecule has 0 fully saturated rings. The third-order valence-electron chi connectivity index (χ3n) is 1.78. The van der Waals surface area contributed by atoms with Crippen molar-refractivity contribution in [2.75, 3.05) is 5.32 Å². The number of aromatic nitrogens is 1. The molecule has 0 aliphatic rings. The van der Waals surface area contributed by atoms with Crippen molar-refractivity contribution in [1.29, 1.82) is 0 Å². The summed E-state index contributed by atoms with van der Waals surface area (Å²) in [6.45, 7) is 3.44. The molecule has 1 aromatic rings. The van der Waals surface area contributed by atoms with Gasteiger partial charge in [0.25, 0.3) is 0 Å². The van der Waals surface area contributed by atoms with E-state index in [2.05, 4.69) is 26.2 Å². The number of nitrogens with zero attached hydrogens (tertiary/aromatic N) is 1. The molecule has 76 valence electrons. The molecule has 0 bridgehead atoms. The Kier molecular flexibility index (Phi) is 3.10. The molecule has 0 atom stereocenters. The lowest BCUT2D eigenvalue weighted by molar-refractivity contribution is -0.121. The predicted molar refractivity (Wildman–Crippen MR) is 58.8 cm³/mol. The molecule has 1 amide bonds. The maximum absolute atomic E-state index is 11.0. The predicted octanol–water partition coefficient (Wildman–Crippen LogP) is 1.52. The molecule has 0 aromatic carbocycles. The number of carbonyl (C=O) groups is 1. The Morgan fingerprint density at radius 3 is 2.71 bits per heavy atom. The van der Waals surface area contributed by atoms with Crippen molar-refractivity contribution in [3.05, 3.63) is 22.9 Å². The van der Waals surface area contributed by atoms with E-state index in [0.717, 1.165) is 10.2 Å². The SMILES string of the molecule is CC(C)(Nc1cncc(Br)c1)C(N)=O. The van der Waals surface area contributed by atoms with Gasteiger partial charge in [-0.05, 0) is 35.8 Å². The van der Waals surface area contributed by atoms with Crippen LogP contribution in [0.4, 0.5) is 5.69 Å². The van der Waals surface area contributed by atoms with E-state index < -0.39 is 11.4 Å². The van der Waals surface area contributed by atoms with E-state index in [1.54, 1.807) is 26.2 Å². The van der Waals surface area contributed by atoms with E-state index in [0.29, 0.717) is 0 Å². The molecule has 4 nitrogen and oxygen atoms in total. The van der Waals surface area contributed by atoms with Crippen LogP contribution in [0.1, 0.15) is 13.8 Å². The van der Waals surface area contributed by atoms with Gasteiger partial charge in [-0.3, -0.25) is 9.78 Å². The highest BCUT2D eigenvalue weighted by Gasteiger charge is 2.24. The van der Waals surface area contributed by atoms with Crippen molar-refractivity contribution in [3.63, 3.8) is 0 Å². The van der Waals surface area contributed by atoms with E-state index in [-0.39, 0.29) is 0 Å². The number of anilines is 1. The minimum Gasteiger partial charge on any atom is -0.370 e. The summed E-state index contributed by atoms with van der Waals surface area (Å²) in [5, 5.41) is 2.99. The second-order valence-electron chi connectivity index (χ2n) is 3.51. The Labute approximate surface area is 91.0 Å². The smallest absolute Gasteiger partial charge is 0.242 e. The zero-order valence-electron chi connectivity index (χ0n) is 8.04. The Morgan fingerprint density at radius 1 is 1.57 bits per heavy atom. The van der Waals surface area contributed by atoms with E-state index in [9.17, 15) is 4.79 Å². The van der Waals surface area contributed by atoms with Crippen LogP contribution in [-0.2, 0) is 4.79 Å². The largest absolute Gasteiger partial charge is 0.370 e. The van der Waals surface area contributed by atoms with Crippen molar-refractivity contribution in [2.24, 2.45) is 5.73 Å². The molecule has 1 aromatic heterocycles. The van der Waals surface area contributed by atoms with Crippen molar-refractivity contribution >= 4 is 27.5 Å². The van der Waals surface area contributed by atoms with Crippen LogP contribution in [0.5, 0.6) is 0 Å². The van der Waals surface area contributed by atoms with Gasteiger partial charge in [0.05, 0.1) is 11.9 Å². The number of halogens is 1. The van der Waals surface area contributed by atoms with Crippen LogP contribution < -0.4 is 11.1 Å². The van der Waals surface area contributed by atoms with Gasteiger partial charge in [0, 0.05) is 10.7 Å². The highest BCUT2D eigenvalue weighted by Crippen LogP contribution is 2.17. The first kappa shape index (κ1) is 11.0. The van der Waals surface area contributed by atoms with Crippen LogP contribution in [0, 0.1) is 0 Å². The average molecular weight is 258 g/mol. The van der Waals surface area contributed by atoms with Gasteiger partial charge >= 0.3 is 0 Å². The fourth-order valence-electron chi connectivity index (χ4n) is 0.903. The van der Waals surface area contributed by atoms with Crippen molar-refractivity contribution < 1.29 is 4.79 Å². The number of amides is 1. The monoisotopic (exact) mass is 257 g/mol. The second-order valence-corrected chi connectivity index (χ2v) is 4.42. The lowest BCUT2D eigenvalue weighted by atomic mass is 10.1. The Bertz CT molecular complexity index is 352. The molecule has 0 spiro atoms. The highest BCUT2D eigenvalue weighted by atomic mass is 79.9. The normalized spacial score (nSPS) is 11.1. The van der Waals surface area contributed by atoms with Crippen molar-refractivity contribution in [2.45, 2.75) is 19.4 Å². The number of nitrogens with two attached hydrogens (primary N) is 1. The van der Waals surface area contributed by atoms with Crippen LogP contribution in [0.15, 0.2) is 22.9 Å². The van der Waals surface area contributed by atoms with Gasteiger partial charge < -0.3 is 11.1 Å². The number of rotatable bonds is 3. The van der Waals surface area contributed by atoms with Crippen LogP contribution in [0.3, 0.4) is 0 Å². The number of hydrogen-bond acceptors (Lipinski definition) is 3. The summed E-state index contributed by atoms with van der Waals surface area (Å²) >= 11 is 3.29. The standard InChI is InChI=1S/C9H12BrN3O/c1-9(2,8(11)14)13-7-3-6(10)4-12-5-7/h3-5,13H,1-2H3,(H2,11,14). The molecular weight excluding hydrogens is 246 g/mol. The van der Waals surface area contributed by atoms with E-state index in [1.807, 2.05) is 6.07 Å². The van der Waals surface area contributed by atoms with Crippen LogP contribution in [-0.4, -0.2) is 16.4 Å². The molecule has 3 N–H and O–H groups in total. The zero-order chi connectivity index (χ0) is 10.8. The van der Waals surface area contributed by atoms with Crippen LogP contribution in [0.25, 0.3) is 0 Å². The molecule has 1 heterocycles. The second kappa shape index (κ2) is 3.96. The highest BCUT2D eigenvalue weighted by molar-refractivity contribution is 9.10. The van der Waals surface area contributed by atoms with Crippen molar-refractivity contribution in [1.82, 2.24) is 4.98 Å². The average Bonchev–Trinajstić information content (AvgIpc) is 2.02. The molecule has 5 heteroatoms. The summed E-state index contributed by atoms with van der Waals surface area (Å²) < 4.78 is 0.850. The van der Waals surface area contributed by atoms with Gasteiger partial charge in [-0.2, -0.15) is 0 Å². The molecular formula is C9H12BrN3O. The lowest BCUT2D eigenvalue weighted by Crippen LogP contribution is -2.45. The van der Waals surface area contributed by atoms with Gasteiger partial charge in [0.1, 0.15) is 5.54 Å². The Balaban J connectivity index is 2.83. The fraction of sp³-hybridized carbons (Fsp3) is 0.333. The minimum absolute atomic E-state index is 0.405. The summed E-state index contributed by atoms with van der Waals surface area (Å²) in [6, 6.07) is 1.83. The van der Waals surface area contributed by atoms with Crippen LogP contribution >= 0.6 is 15.9 Å². The first-order valence-electron chi connectivity index (χ1n) is 4.10. The van der Waals surface area contributed by atoms with Gasteiger partial charge in [0.15, 0.2) is 0 Å². The molecule has 0 aliphatic heterocycles. The maximum atomic E-state index is 11.0. The van der Waals surface area contributed by atoms with Gasteiger partial charge in [-0.15, -0.1) is 0 Å². The summed E-state index contributed by atoms with van der Waals surface area (Å²) in [7, 11) is 0. The summed E-state index contributed by atoms with van der Waals surface area (Å²) in [6.07, 6.45) is 3.30. The van der Waals surface area contributed by atoms with E-state index in [1.165, 1.54) is 0 Å². The summed E-state index contributed by atoms with van der Waals surface area (Å²) in [5.41, 5.74) is 5.20.